The average Bonchev–Trinajstić information content (AvgIpc) is 3.01. The molecule has 0 unspecified atom stereocenters. The first kappa shape index (κ1) is 20.7. The van der Waals surface area contributed by atoms with Gasteiger partial charge in [-0.05, 0) is 29.7 Å². The Hall–Kier alpha value is -3.02. The van der Waals surface area contributed by atoms with Gasteiger partial charge in [0, 0.05) is 26.2 Å². The van der Waals surface area contributed by atoms with Gasteiger partial charge in [0.2, 0.25) is 11.8 Å². The highest BCUT2D eigenvalue weighted by Gasteiger charge is 2.22. The summed E-state index contributed by atoms with van der Waals surface area (Å²) in [5, 5.41) is 0. The van der Waals surface area contributed by atoms with Crippen LogP contribution in [-0.2, 0) is 22.4 Å². The maximum absolute atomic E-state index is 12.8. The second-order valence-corrected chi connectivity index (χ2v) is 7.14. The van der Waals surface area contributed by atoms with Crippen LogP contribution >= 0.6 is 0 Å². The molecule has 1 aliphatic rings. The first-order valence-corrected chi connectivity index (χ1v) is 9.91. The first-order valence-electron chi connectivity index (χ1n) is 9.91. The van der Waals surface area contributed by atoms with Crippen LogP contribution < -0.4 is 9.47 Å². The van der Waals surface area contributed by atoms with Gasteiger partial charge < -0.3 is 19.3 Å². The average molecular weight is 396 g/mol. The summed E-state index contributed by atoms with van der Waals surface area (Å²) in [5.41, 5.74) is 1.90. The Morgan fingerprint density at radius 2 is 1.34 bits per heavy atom. The third-order valence-corrected chi connectivity index (χ3v) is 5.20. The Kier molecular flexibility index (Phi) is 7.11. The van der Waals surface area contributed by atoms with Gasteiger partial charge in [-0.25, -0.2) is 0 Å². The van der Waals surface area contributed by atoms with E-state index < -0.39 is 0 Å². The molecule has 1 aliphatic heterocycles. The van der Waals surface area contributed by atoms with Gasteiger partial charge in [0.05, 0.1) is 27.1 Å². The number of rotatable bonds is 6. The largest absolute Gasteiger partial charge is 0.493 e. The molecule has 0 radical (unpaired) electrons. The zero-order valence-corrected chi connectivity index (χ0v) is 17.1. The molecule has 6 heteroatoms. The van der Waals surface area contributed by atoms with Gasteiger partial charge in [-0.2, -0.15) is 0 Å². The number of nitrogens with zero attached hydrogens (tertiary/aromatic N) is 2. The molecule has 0 aromatic heterocycles. The first-order chi connectivity index (χ1) is 14.1. The maximum Gasteiger partial charge on any atom is 0.227 e. The molecule has 1 saturated heterocycles. The van der Waals surface area contributed by atoms with E-state index in [4.69, 9.17) is 9.47 Å². The van der Waals surface area contributed by atoms with Crippen molar-refractivity contribution in [2.45, 2.75) is 19.3 Å². The van der Waals surface area contributed by atoms with Crippen LogP contribution in [0.5, 0.6) is 11.5 Å². The number of ether oxygens (including phenoxy) is 2. The Labute approximate surface area is 172 Å². The monoisotopic (exact) mass is 396 g/mol. The van der Waals surface area contributed by atoms with Gasteiger partial charge in [0.25, 0.3) is 0 Å². The lowest BCUT2D eigenvalue weighted by Crippen LogP contribution is -2.38. The number of carbonyl (C=O) groups is 2. The molecule has 1 heterocycles. The second-order valence-electron chi connectivity index (χ2n) is 7.14. The molecule has 29 heavy (non-hydrogen) atoms. The van der Waals surface area contributed by atoms with E-state index in [-0.39, 0.29) is 11.8 Å². The van der Waals surface area contributed by atoms with Crippen molar-refractivity contribution < 1.29 is 19.1 Å². The van der Waals surface area contributed by atoms with Gasteiger partial charge in [-0.3, -0.25) is 9.59 Å². The Balaban J connectivity index is 1.56. The van der Waals surface area contributed by atoms with E-state index in [1.54, 1.807) is 14.2 Å². The number of amides is 2. The molecule has 2 aromatic rings. The van der Waals surface area contributed by atoms with Crippen molar-refractivity contribution in [3.63, 3.8) is 0 Å². The molecule has 1 fully saturated rings. The zero-order valence-electron chi connectivity index (χ0n) is 17.1. The topological polar surface area (TPSA) is 59.1 Å². The predicted molar refractivity (Wildman–Crippen MR) is 111 cm³/mol. The molecule has 0 saturated carbocycles. The number of methoxy groups -OCH3 is 2. The van der Waals surface area contributed by atoms with E-state index in [0.29, 0.717) is 50.5 Å². The molecular formula is C23H28N2O4. The van der Waals surface area contributed by atoms with E-state index >= 15 is 0 Å². The van der Waals surface area contributed by atoms with Crippen LogP contribution in [0.1, 0.15) is 17.5 Å². The van der Waals surface area contributed by atoms with Crippen LogP contribution in [0.25, 0.3) is 0 Å². The lowest BCUT2D eigenvalue weighted by Gasteiger charge is -2.22. The number of hydrogen-bond acceptors (Lipinski definition) is 4. The van der Waals surface area contributed by atoms with E-state index in [1.807, 2.05) is 58.3 Å². The van der Waals surface area contributed by atoms with Crippen molar-refractivity contribution in [2.75, 3.05) is 40.4 Å². The van der Waals surface area contributed by atoms with Crippen LogP contribution in [-0.4, -0.2) is 62.0 Å². The Morgan fingerprint density at radius 1 is 0.759 bits per heavy atom. The number of hydrogen-bond donors (Lipinski definition) is 0. The lowest BCUT2D eigenvalue weighted by molar-refractivity contribution is -0.132. The maximum atomic E-state index is 12.8. The molecular weight excluding hydrogens is 368 g/mol. The quantitative estimate of drug-likeness (QED) is 0.753. The van der Waals surface area contributed by atoms with Crippen LogP contribution in [0.15, 0.2) is 48.5 Å². The highest BCUT2D eigenvalue weighted by Crippen LogP contribution is 2.27. The van der Waals surface area contributed by atoms with E-state index in [2.05, 4.69) is 0 Å². The normalized spacial score (nSPS) is 14.3. The fraction of sp³-hybridized carbons (Fsp3) is 0.391. The van der Waals surface area contributed by atoms with Crippen molar-refractivity contribution in [2.24, 2.45) is 0 Å². The summed E-state index contributed by atoms with van der Waals surface area (Å²) in [7, 11) is 3.17. The fourth-order valence-corrected chi connectivity index (χ4v) is 3.58. The van der Waals surface area contributed by atoms with Crippen LogP contribution in [0.3, 0.4) is 0 Å². The Bertz CT molecular complexity index is 838. The molecule has 2 aromatic carbocycles. The van der Waals surface area contributed by atoms with Crippen molar-refractivity contribution in [1.82, 2.24) is 9.80 Å². The van der Waals surface area contributed by atoms with Gasteiger partial charge in [-0.1, -0.05) is 36.4 Å². The summed E-state index contributed by atoms with van der Waals surface area (Å²) in [6, 6.07) is 15.3. The molecule has 6 nitrogen and oxygen atoms in total. The summed E-state index contributed by atoms with van der Waals surface area (Å²) in [6.07, 6.45) is 1.50. The smallest absolute Gasteiger partial charge is 0.227 e. The molecule has 0 spiro atoms. The van der Waals surface area contributed by atoms with E-state index in [1.165, 1.54) is 0 Å². The van der Waals surface area contributed by atoms with Gasteiger partial charge in [-0.15, -0.1) is 0 Å². The number of benzene rings is 2. The van der Waals surface area contributed by atoms with Gasteiger partial charge in [0.15, 0.2) is 11.5 Å². The van der Waals surface area contributed by atoms with E-state index in [9.17, 15) is 9.59 Å². The summed E-state index contributed by atoms with van der Waals surface area (Å²) < 4.78 is 10.6. The van der Waals surface area contributed by atoms with Crippen molar-refractivity contribution in [3.8, 4) is 11.5 Å². The molecule has 0 atom stereocenters. The summed E-state index contributed by atoms with van der Waals surface area (Å²) in [5.74, 6) is 1.44. The van der Waals surface area contributed by atoms with Crippen molar-refractivity contribution in [1.29, 1.82) is 0 Å². The van der Waals surface area contributed by atoms with Gasteiger partial charge >= 0.3 is 0 Å². The molecule has 0 aliphatic carbocycles. The van der Waals surface area contributed by atoms with Crippen molar-refractivity contribution >= 4 is 11.8 Å². The van der Waals surface area contributed by atoms with E-state index in [0.717, 1.165) is 17.5 Å². The summed E-state index contributed by atoms with van der Waals surface area (Å²) in [4.78, 5) is 29.1. The minimum absolute atomic E-state index is 0.0644. The van der Waals surface area contributed by atoms with Crippen molar-refractivity contribution in [3.05, 3.63) is 59.7 Å². The molecule has 0 N–H and O–H groups in total. The number of carbonyl (C=O) groups excluding carboxylic acids is 2. The third-order valence-electron chi connectivity index (χ3n) is 5.20. The van der Waals surface area contributed by atoms with Crippen LogP contribution in [0, 0.1) is 0 Å². The highest BCUT2D eigenvalue weighted by molar-refractivity contribution is 5.80. The minimum Gasteiger partial charge on any atom is -0.493 e. The second kappa shape index (κ2) is 9.96. The van der Waals surface area contributed by atoms with Gasteiger partial charge in [0.1, 0.15) is 0 Å². The highest BCUT2D eigenvalue weighted by atomic mass is 16.5. The molecule has 0 bridgehead atoms. The molecule has 2 amide bonds. The summed E-state index contributed by atoms with van der Waals surface area (Å²) in [6.45, 7) is 2.49. The zero-order chi connectivity index (χ0) is 20.6. The fourth-order valence-electron chi connectivity index (χ4n) is 3.58. The third kappa shape index (κ3) is 5.50. The SMILES string of the molecule is COc1ccc(CC(=O)N2CCCN(C(=O)Cc3ccccc3)CC2)cc1OC. The summed E-state index contributed by atoms with van der Waals surface area (Å²) >= 11 is 0. The molecule has 154 valence electrons. The lowest BCUT2D eigenvalue weighted by atomic mass is 10.1. The Morgan fingerprint density at radius 3 is 1.93 bits per heavy atom. The minimum atomic E-state index is 0.0644. The standard InChI is InChI=1S/C23H28N2O4/c1-28-20-10-9-19(15-21(20)29-2)17-23(27)25-12-6-11-24(13-14-25)22(26)16-18-7-4-3-5-8-18/h3-5,7-10,15H,6,11-14,16-17H2,1-2H3. The van der Waals surface area contributed by atoms with Crippen LogP contribution in [0.4, 0.5) is 0 Å². The van der Waals surface area contributed by atoms with Crippen LogP contribution in [0.2, 0.25) is 0 Å². The predicted octanol–water partition coefficient (Wildman–Crippen LogP) is 2.55. The molecule has 3 rings (SSSR count).